The molecule has 0 spiro atoms. The third-order valence-electron chi connectivity index (χ3n) is 4.08. The molecular formula is C15H16O2. The molecule has 0 heterocycles. The molecule has 0 aromatic heterocycles. The van der Waals surface area contributed by atoms with Gasteiger partial charge in [-0.25, -0.2) is 0 Å². The Hall–Kier alpha value is -1.41. The number of rotatable bonds is 1. The molecule has 0 radical (unpaired) electrons. The second-order valence-electron chi connectivity index (χ2n) is 4.91. The van der Waals surface area contributed by atoms with Gasteiger partial charge in [0.05, 0.1) is 6.10 Å². The molecule has 2 aliphatic rings. The summed E-state index contributed by atoms with van der Waals surface area (Å²) in [6.45, 7) is 1.96. The van der Waals surface area contributed by atoms with Crippen molar-refractivity contribution in [3.8, 4) is 0 Å². The lowest BCUT2D eigenvalue weighted by Crippen LogP contribution is -2.31. The number of benzene rings is 1. The second kappa shape index (κ2) is 3.81. The van der Waals surface area contributed by atoms with Gasteiger partial charge in [-0.15, -0.1) is 0 Å². The van der Waals surface area contributed by atoms with Crippen LogP contribution in [0.2, 0.25) is 0 Å². The van der Waals surface area contributed by atoms with E-state index in [0.29, 0.717) is 12.3 Å². The highest BCUT2D eigenvalue weighted by molar-refractivity contribution is 6.05. The highest BCUT2D eigenvalue weighted by atomic mass is 16.5. The van der Waals surface area contributed by atoms with Gasteiger partial charge >= 0.3 is 0 Å². The van der Waals surface area contributed by atoms with Gasteiger partial charge in [0.25, 0.3) is 0 Å². The van der Waals surface area contributed by atoms with E-state index in [0.717, 1.165) is 12.0 Å². The van der Waals surface area contributed by atoms with Crippen LogP contribution in [0.3, 0.4) is 0 Å². The molecule has 3 rings (SSSR count). The summed E-state index contributed by atoms with van der Waals surface area (Å²) in [7, 11) is 1.71. The zero-order valence-corrected chi connectivity index (χ0v) is 10.2. The van der Waals surface area contributed by atoms with E-state index in [4.69, 9.17) is 4.74 Å². The third-order valence-corrected chi connectivity index (χ3v) is 4.08. The fourth-order valence-corrected chi connectivity index (χ4v) is 3.17. The van der Waals surface area contributed by atoms with Crippen molar-refractivity contribution in [3.63, 3.8) is 0 Å². The van der Waals surface area contributed by atoms with Crippen LogP contribution in [-0.4, -0.2) is 19.0 Å². The zero-order chi connectivity index (χ0) is 12.0. The highest BCUT2D eigenvalue weighted by Gasteiger charge is 2.39. The van der Waals surface area contributed by atoms with Gasteiger partial charge in [-0.3, -0.25) is 4.79 Å². The average molecular weight is 228 g/mol. The molecule has 0 bridgehead atoms. The van der Waals surface area contributed by atoms with Crippen LogP contribution in [0.15, 0.2) is 29.8 Å². The van der Waals surface area contributed by atoms with Crippen LogP contribution in [0.1, 0.15) is 24.5 Å². The first-order valence-corrected chi connectivity index (χ1v) is 6.07. The average Bonchev–Trinajstić information content (AvgIpc) is 2.73. The number of hydrogen-bond donors (Lipinski definition) is 0. The minimum atomic E-state index is 0.0496. The minimum absolute atomic E-state index is 0.0496. The van der Waals surface area contributed by atoms with Crippen molar-refractivity contribution < 1.29 is 9.53 Å². The van der Waals surface area contributed by atoms with Crippen molar-refractivity contribution >= 4 is 11.4 Å². The summed E-state index contributed by atoms with van der Waals surface area (Å²) in [6.07, 6.45) is 1.59. The first kappa shape index (κ1) is 10.7. The Balaban J connectivity index is 2.17. The SMILES string of the molecule is COC1CC(=O)C(C)=C2c3ccccc3CC21. The van der Waals surface area contributed by atoms with E-state index in [9.17, 15) is 4.79 Å². The van der Waals surface area contributed by atoms with Crippen molar-refractivity contribution in [2.75, 3.05) is 7.11 Å². The first-order chi connectivity index (χ1) is 8.22. The Morgan fingerprint density at radius 2 is 2.00 bits per heavy atom. The lowest BCUT2D eigenvalue weighted by atomic mass is 9.81. The number of hydrogen-bond acceptors (Lipinski definition) is 2. The summed E-state index contributed by atoms with van der Waals surface area (Å²) in [5.41, 5.74) is 4.77. The maximum absolute atomic E-state index is 12.0. The van der Waals surface area contributed by atoms with Gasteiger partial charge in [0.2, 0.25) is 0 Å². The largest absolute Gasteiger partial charge is 0.380 e. The van der Waals surface area contributed by atoms with Crippen LogP contribution < -0.4 is 0 Å². The Kier molecular flexibility index (Phi) is 2.40. The number of methoxy groups -OCH3 is 1. The zero-order valence-electron chi connectivity index (χ0n) is 10.2. The quantitative estimate of drug-likeness (QED) is 0.738. The molecule has 0 saturated heterocycles. The summed E-state index contributed by atoms with van der Waals surface area (Å²) in [5.74, 6) is 0.606. The summed E-state index contributed by atoms with van der Waals surface area (Å²) >= 11 is 0. The number of fused-ring (bicyclic) bond motifs is 3. The van der Waals surface area contributed by atoms with E-state index < -0.39 is 0 Å². The van der Waals surface area contributed by atoms with E-state index in [-0.39, 0.29) is 11.9 Å². The molecule has 88 valence electrons. The van der Waals surface area contributed by atoms with Gasteiger partial charge in [0.1, 0.15) is 0 Å². The number of carbonyl (C=O) groups excluding carboxylic acids is 1. The molecule has 2 heteroatoms. The van der Waals surface area contributed by atoms with Crippen LogP contribution in [0.5, 0.6) is 0 Å². The molecular weight excluding hydrogens is 212 g/mol. The Bertz CT molecular complexity index is 513. The Labute approximate surface area is 101 Å². The molecule has 2 atom stereocenters. The number of allylic oxidation sites excluding steroid dienone is 1. The van der Waals surface area contributed by atoms with Gasteiger partial charge in [-0.1, -0.05) is 24.3 Å². The summed E-state index contributed by atoms with van der Waals surface area (Å²) in [5, 5.41) is 0. The van der Waals surface area contributed by atoms with Gasteiger partial charge in [0.15, 0.2) is 5.78 Å². The van der Waals surface area contributed by atoms with Gasteiger partial charge in [0, 0.05) is 19.4 Å². The van der Waals surface area contributed by atoms with Crippen molar-refractivity contribution in [2.24, 2.45) is 5.92 Å². The smallest absolute Gasteiger partial charge is 0.161 e. The number of ether oxygens (including phenoxy) is 1. The van der Waals surface area contributed by atoms with E-state index in [1.807, 2.05) is 13.0 Å². The van der Waals surface area contributed by atoms with Crippen LogP contribution in [-0.2, 0) is 16.0 Å². The van der Waals surface area contributed by atoms with E-state index in [2.05, 4.69) is 18.2 Å². The predicted molar refractivity (Wildman–Crippen MR) is 66.7 cm³/mol. The minimum Gasteiger partial charge on any atom is -0.380 e. The summed E-state index contributed by atoms with van der Waals surface area (Å²) in [4.78, 5) is 12.0. The first-order valence-electron chi connectivity index (χ1n) is 6.07. The molecule has 1 aromatic rings. The van der Waals surface area contributed by atoms with Crippen molar-refractivity contribution in [3.05, 3.63) is 41.0 Å². The molecule has 0 amide bonds. The number of carbonyl (C=O) groups is 1. The van der Waals surface area contributed by atoms with Gasteiger partial charge < -0.3 is 4.74 Å². The molecule has 2 aliphatic carbocycles. The standard InChI is InChI=1S/C15H16O2/c1-9-13(16)8-14(17-2)12-7-10-5-3-4-6-11(10)15(9)12/h3-6,12,14H,7-8H2,1-2H3. The van der Waals surface area contributed by atoms with Crippen LogP contribution in [0.4, 0.5) is 0 Å². The molecule has 0 N–H and O–H groups in total. The van der Waals surface area contributed by atoms with E-state index >= 15 is 0 Å². The fourth-order valence-electron chi connectivity index (χ4n) is 3.17. The highest BCUT2D eigenvalue weighted by Crippen LogP contribution is 2.45. The molecule has 0 aliphatic heterocycles. The van der Waals surface area contributed by atoms with Crippen LogP contribution in [0, 0.1) is 5.92 Å². The second-order valence-corrected chi connectivity index (χ2v) is 4.91. The topological polar surface area (TPSA) is 26.3 Å². The van der Waals surface area contributed by atoms with Crippen molar-refractivity contribution in [1.82, 2.24) is 0 Å². The lowest BCUT2D eigenvalue weighted by Gasteiger charge is -2.29. The lowest BCUT2D eigenvalue weighted by molar-refractivity contribution is -0.119. The maximum atomic E-state index is 12.0. The summed E-state index contributed by atoms with van der Waals surface area (Å²) in [6, 6.07) is 8.39. The Morgan fingerprint density at radius 1 is 1.24 bits per heavy atom. The third kappa shape index (κ3) is 1.48. The fraction of sp³-hybridized carbons (Fsp3) is 0.400. The van der Waals surface area contributed by atoms with Crippen LogP contribution in [0.25, 0.3) is 5.57 Å². The molecule has 1 aromatic carbocycles. The monoisotopic (exact) mass is 228 g/mol. The van der Waals surface area contributed by atoms with Crippen LogP contribution >= 0.6 is 0 Å². The van der Waals surface area contributed by atoms with Crippen molar-refractivity contribution in [1.29, 1.82) is 0 Å². The maximum Gasteiger partial charge on any atom is 0.161 e. The predicted octanol–water partition coefficient (Wildman–Crippen LogP) is 2.62. The van der Waals surface area contributed by atoms with E-state index in [1.165, 1.54) is 16.7 Å². The molecule has 17 heavy (non-hydrogen) atoms. The molecule has 0 saturated carbocycles. The summed E-state index contributed by atoms with van der Waals surface area (Å²) < 4.78 is 5.50. The number of ketones is 1. The number of Topliss-reactive ketones (excluding diaryl/α,β-unsaturated/α-hetero) is 1. The van der Waals surface area contributed by atoms with Gasteiger partial charge in [-0.2, -0.15) is 0 Å². The van der Waals surface area contributed by atoms with E-state index in [1.54, 1.807) is 7.11 Å². The van der Waals surface area contributed by atoms with Crippen molar-refractivity contribution in [2.45, 2.75) is 25.9 Å². The Morgan fingerprint density at radius 3 is 2.76 bits per heavy atom. The molecule has 2 nitrogen and oxygen atoms in total. The normalized spacial score (nSPS) is 27.1. The molecule has 0 fully saturated rings. The molecule has 2 unspecified atom stereocenters. The van der Waals surface area contributed by atoms with Gasteiger partial charge in [-0.05, 0) is 35.6 Å².